The number of carbonyl (C=O) groups is 1. The van der Waals surface area contributed by atoms with Crippen molar-refractivity contribution in [3.05, 3.63) is 71.4 Å². The fourth-order valence-corrected chi connectivity index (χ4v) is 3.06. The Kier molecular flexibility index (Phi) is 3.11. The van der Waals surface area contributed by atoms with Crippen LogP contribution in [0.1, 0.15) is 27.9 Å². The number of aromatic nitrogens is 1. The van der Waals surface area contributed by atoms with Gasteiger partial charge in [-0.2, -0.15) is 0 Å². The molecule has 1 N–H and O–H groups in total. The number of fused-ring (bicyclic) bond motifs is 2. The van der Waals surface area contributed by atoms with Crippen molar-refractivity contribution in [1.29, 1.82) is 0 Å². The van der Waals surface area contributed by atoms with E-state index in [4.69, 9.17) is 0 Å². The lowest BCUT2D eigenvalue weighted by molar-refractivity contribution is 0.102. The Morgan fingerprint density at radius 2 is 1.86 bits per heavy atom. The first kappa shape index (κ1) is 13.0. The summed E-state index contributed by atoms with van der Waals surface area (Å²) in [6, 6.07) is 15.8. The number of benzene rings is 2. The van der Waals surface area contributed by atoms with Gasteiger partial charge in [0.2, 0.25) is 0 Å². The maximum Gasteiger partial charge on any atom is 0.255 e. The molecule has 0 unspecified atom stereocenters. The molecular formula is C19H16N2O. The summed E-state index contributed by atoms with van der Waals surface area (Å²) in [4.78, 5) is 16.8. The van der Waals surface area contributed by atoms with Crippen molar-refractivity contribution in [3.8, 4) is 0 Å². The predicted octanol–water partition coefficient (Wildman–Crippen LogP) is 3.98. The highest BCUT2D eigenvalue weighted by Crippen LogP contribution is 2.23. The molecule has 0 spiro atoms. The molecular weight excluding hydrogens is 272 g/mol. The molecule has 22 heavy (non-hydrogen) atoms. The lowest BCUT2D eigenvalue weighted by atomic mass is 10.1. The van der Waals surface area contributed by atoms with Crippen LogP contribution in [0, 0.1) is 0 Å². The normalized spacial score (nSPS) is 13.1. The maximum absolute atomic E-state index is 12.4. The molecule has 1 aliphatic rings. The average molecular weight is 288 g/mol. The van der Waals surface area contributed by atoms with Crippen LogP contribution in [-0.2, 0) is 12.8 Å². The van der Waals surface area contributed by atoms with Gasteiger partial charge < -0.3 is 5.32 Å². The molecule has 3 aromatic rings. The number of amides is 1. The number of hydrogen-bond acceptors (Lipinski definition) is 2. The first-order valence-electron chi connectivity index (χ1n) is 7.57. The Balaban J connectivity index is 1.60. The molecule has 2 aromatic carbocycles. The lowest BCUT2D eigenvalue weighted by Crippen LogP contribution is -2.12. The highest BCUT2D eigenvalue weighted by Gasteiger charge is 2.14. The first-order chi connectivity index (χ1) is 10.8. The summed E-state index contributed by atoms with van der Waals surface area (Å²) in [5, 5.41) is 3.96. The minimum absolute atomic E-state index is 0.0771. The smallest absolute Gasteiger partial charge is 0.255 e. The van der Waals surface area contributed by atoms with Gasteiger partial charge in [-0.1, -0.05) is 24.3 Å². The average Bonchev–Trinajstić information content (AvgIpc) is 3.02. The van der Waals surface area contributed by atoms with Crippen molar-refractivity contribution in [3.63, 3.8) is 0 Å². The van der Waals surface area contributed by atoms with Gasteiger partial charge >= 0.3 is 0 Å². The maximum atomic E-state index is 12.4. The minimum atomic E-state index is -0.0771. The number of carbonyl (C=O) groups excluding carboxylic acids is 1. The second-order valence-electron chi connectivity index (χ2n) is 5.71. The summed E-state index contributed by atoms with van der Waals surface area (Å²) in [5.74, 6) is -0.0771. The highest BCUT2D eigenvalue weighted by molar-refractivity contribution is 6.05. The van der Waals surface area contributed by atoms with Crippen LogP contribution in [0.3, 0.4) is 0 Å². The molecule has 0 atom stereocenters. The Labute approximate surface area is 129 Å². The van der Waals surface area contributed by atoms with Crippen LogP contribution < -0.4 is 5.32 Å². The molecule has 1 aromatic heterocycles. The quantitative estimate of drug-likeness (QED) is 0.775. The molecule has 4 rings (SSSR count). The van der Waals surface area contributed by atoms with Crippen LogP contribution in [0.2, 0.25) is 0 Å². The number of pyridine rings is 1. The monoisotopic (exact) mass is 288 g/mol. The van der Waals surface area contributed by atoms with Crippen LogP contribution >= 0.6 is 0 Å². The number of nitrogens with zero attached hydrogens (tertiary/aromatic N) is 1. The number of rotatable bonds is 2. The number of hydrogen-bond donors (Lipinski definition) is 1. The molecule has 1 heterocycles. The second-order valence-corrected chi connectivity index (χ2v) is 5.71. The number of aryl methyl sites for hydroxylation is 2. The zero-order valence-corrected chi connectivity index (χ0v) is 12.2. The molecule has 0 aliphatic heterocycles. The largest absolute Gasteiger partial charge is 0.321 e. The molecule has 0 radical (unpaired) electrons. The van der Waals surface area contributed by atoms with Gasteiger partial charge in [-0.25, -0.2) is 0 Å². The fourth-order valence-electron chi connectivity index (χ4n) is 3.06. The van der Waals surface area contributed by atoms with Crippen molar-refractivity contribution in [2.75, 3.05) is 5.32 Å². The molecule has 0 fully saturated rings. The van der Waals surface area contributed by atoms with E-state index in [1.54, 1.807) is 6.20 Å². The minimum Gasteiger partial charge on any atom is -0.321 e. The summed E-state index contributed by atoms with van der Waals surface area (Å²) >= 11 is 0. The molecule has 108 valence electrons. The van der Waals surface area contributed by atoms with Crippen molar-refractivity contribution < 1.29 is 4.79 Å². The van der Waals surface area contributed by atoms with E-state index in [1.165, 1.54) is 17.5 Å². The Bertz CT molecular complexity index is 870. The highest BCUT2D eigenvalue weighted by atomic mass is 16.1. The van der Waals surface area contributed by atoms with Gasteiger partial charge in [0.15, 0.2) is 0 Å². The SMILES string of the molecule is O=C(Nc1cnc2ccccc2c1)c1ccc2c(c1)CCC2. The van der Waals surface area contributed by atoms with E-state index < -0.39 is 0 Å². The van der Waals surface area contributed by atoms with Gasteiger partial charge in [-0.3, -0.25) is 9.78 Å². The second kappa shape index (κ2) is 5.26. The van der Waals surface area contributed by atoms with Crippen LogP contribution in [0.4, 0.5) is 5.69 Å². The van der Waals surface area contributed by atoms with Crippen LogP contribution in [-0.4, -0.2) is 10.9 Å². The number of nitrogens with one attached hydrogen (secondary N) is 1. The predicted molar refractivity (Wildman–Crippen MR) is 88.2 cm³/mol. The molecule has 0 bridgehead atoms. The lowest BCUT2D eigenvalue weighted by Gasteiger charge is -2.07. The van der Waals surface area contributed by atoms with Crippen LogP contribution in [0.15, 0.2) is 54.7 Å². The Hall–Kier alpha value is -2.68. The van der Waals surface area contributed by atoms with E-state index in [-0.39, 0.29) is 5.91 Å². The van der Waals surface area contributed by atoms with Crippen molar-refractivity contribution in [2.24, 2.45) is 0 Å². The number of anilines is 1. The fraction of sp³-hybridized carbons (Fsp3) is 0.158. The summed E-state index contributed by atoms with van der Waals surface area (Å²) in [6.45, 7) is 0. The zero-order chi connectivity index (χ0) is 14.9. The molecule has 3 heteroatoms. The summed E-state index contributed by atoms with van der Waals surface area (Å²) in [5.41, 5.74) is 5.06. The zero-order valence-electron chi connectivity index (χ0n) is 12.2. The molecule has 1 amide bonds. The van der Waals surface area contributed by atoms with Gasteiger partial charge in [0.05, 0.1) is 17.4 Å². The molecule has 0 saturated heterocycles. The van der Waals surface area contributed by atoms with Gasteiger partial charge in [0.1, 0.15) is 0 Å². The first-order valence-corrected chi connectivity index (χ1v) is 7.57. The van der Waals surface area contributed by atoms with Gasteiger partial charge in [-0.05, 0) is 54.7 Å². The van der Waals surface area contributed by atoms with Gasteiger partial charge in [0.25, 0.3) is 5.91 Å². The topological polar surface area (TPSA) is 42.0 Å². The number of para-hydroxylation sites is 1. The summed E-state index contributed by atoms with van der Waals surface area (Å²) in [6.07, 6.45) is 5.10. The van der Waals surface area contributed by atoms with E-state index in [1.807, 2.05) is 42.5 Å². The third-order valence-electron chi connectivity index (χ3n) is 4.21. The van der Waals surface area contributed by atoms with E-state index >= 15 is 0 Å². The summed E-state index contributed by atoms with van der Waals surface area (Å²) < 4.78 is 0. The van der Waals surface area contributed by atoms with Gasteiger partial charge in [-0.15, -0.1) is 0 Å². The van der Waals surface area contributed by atoms with Gasteiger partial charge in [0, 0.05) is 10.9 Å². The third-order valence-corrected chi connectivity index (χ3v) is 4.21. The molecule has 3 nitrogen and oxygen atoms in total. The van der Waals surface area contributed by atoms with Crippen molar-refractivity contribution in [1.82, 2.24) is 4.98 Å². The van der Waals surface area contributed by atoms with Crippen LogP contribution in [0.25, 0.3) is 10.9 Å². The molecule has 0 saturated carbocycles. The Morgan fingerprint density at radius 1 is 1.00 bits per heavy atom. The van der Waals surface area contributed by atoms with E-state index in [0.29, 0.717) is 5.56 Å². The summed E-state index contributed by atoms with van der Waals surface area (Å²) in [7, 11) is 0. The van der Waals surface area contributed by atoms with E-state index in [0.717, 1.165) is 29.4 Å². The van der Waals surface area contributed by atoms with Crippen LogP contribution in [0.5, 0.6) is 0 Å². The van der Waals surface area contributed by atoms with Crippen molar-refractivity contribution >= 4 is 22.5 Å². The van der Waals surface area contributed by atoms with Crippen molar-refractivity contribution in [2.45, 2.75) is 19.3 Å². The molecule has 1 aliphatic carbocycles. The third kappa shape index (κ3) is 2.35. The Morgan fingerprint density at radius 3 is 2.82 bits per heavy atom. The standard InChI is InChI=1S/C19H16N2O/c22-19(16-9-8-13-5-3-6-14(13)10-16)21-17-11-15-4-1-2-7-18(15)20-12-17/h1-2,4,7-12H,3,5-6H2,(H,21,22). The van der Waals surface area contributed by atoms with E-state index in [9.17, 15) is 4.79 Å². The van der Waals surface area contributed by atoms with E-state index in [2.05, 4.69) is 16.4 Å².